The normalized spacial score (nSPS) is 10.4. The molecule has 100 valence electrons. The fourth-order valence-corrected chi connectivity index (χ4v) is 1.37. The molecule has 0 aliphatic carbocycles. The van der Waals surface area contributed by atoms with Crippen molar-refractivity contribution in [1.29, 1.82) is 0 Å². The van der Waals surface area contributed by atoms with Crippen molar-refractivity contribution >= 4 is 23.4 Å². The van der Waals surface area contributed by atoms with Crippen LogP contribution >= 0.6 is 11.6 Å². The molecule has 2 N–H and O–H groups in total. The highest BCUT2D eigenvalue weighted by atomic mass is 35.5. The highest BCUT2D eigenvalue weighted by Crippen LogP contribution is 2.12. The van der Waals surface area contributed by atoms with Gasteiger partial charge in [0.2, 0.25) is 5.91 Å². The van der Waals surface area contributed by atoms with Crippen LogP contribution in [0.15, 0.2) is 16.5 Å². The molecular weight excluding hydrogens is 256 g/mol. The smallest absolute Gasteiger partial charge is 0.287 e. The van der Waals surface area contributed by atoms with Crippen LogP contribution in [-0.4, -0.2) is 24.9 Å². The summed E-state index contributed by atoms with van der Waals surface area (Å²) < 4.78 is 4.93. The Labute approximate surface area is 111 Å². The molecule has 0 saturated heterocycles. The lowest BCUT2D eigenvalue weighted by atomic mass is 10.2. The second-order valence-corrected chi connectivity index (χ2v) is 4.68. The molecule has 0 bridgehead atoms. The van der Waals surface area contributed by atoms with Crippen LogP contribution in [0.3, 0.4) is 0 Å². The van der Waals surface area contributed by atoms with Crippen molar-refractivity contribution in [3.63, 3.8) is 0 Å². The van der Waals surface area contributed by atoms with Crippen LogP contribution in [0.1, 0.15) is 30.8 Å². The van der Waals surface area contributed by atoms with Gasteiger partial charge in [0.05, 0.1) is 0 Å². The van der Waals surface area contributed by atoms with Gasteiger partial charge in [-0.3, -0.25) is 9.59 Å². The molecule has 0 aliphatic rings. The third-order valence-corrected chi connectivity index (χ3v) is 2.35. The van der Waals surface area contributed by atoms with Crippen molar-refractivity contribution in [3.05, 3.63) is 23.1 Å². The second kappa shape index (κ2) is 7.06. The van der Waals surface area contributed by atoms with Gasteiger partial charge < -0.3 is 15.1 Å². The molecule has 0 fully saturated rings. The highest BCUT2D eigenvalue weighted by Gasteiger charge is 2.10. The van der Waals surface area contributed by atoms with E-state index in [-0.39, 0.29) is 35.8 Å². The molecule has 0 unspecified atom stereocenters. The lowest BCUT2D eigenvalue weighted by molar-refractivity contribution is -0.121. The van der Waals surface area contributed by atoms with E-state index in [2.05, 4.69) is 10.6 Å². The number of rotatable bonds is 6. The number of nitrogens with one attached hydrogen (secondary N) is 2. The number of hydrogen-bond acceptors (Lipinski definition) is 3. The van der Waals surface area contributed by atoms with Gasteiger partial charge in [-0.25, -0.2) is 0 Å². The van der Waals surface area contributed by atoms with Crippen LogP contribution in [-0.2, 0) is 4.79 Å². The maximum Gasteiger partial charge on any atom is 0.287 e. The summed E-state index contributed by atoms with van der Waals surface area (Å²) in [6, 6.07) is 2.97. The van der Waals surface area contributed by atoms with Crippen molar-refractivity contribution < 1.29 is 14.0 Å². The van der Waals surface area contributed by atoms with Crippen molar-refractivity contribution in [2.24, 2.45) is 5.92 Å². The predicted octanol–water partition coefficient (Wildman–Crippen LogP) is 1.83. The molecule has 6 heteroatoms. The first-order chi connectivity index (χ1) is 8.49. The maximum absolute atomic E-state index is 11.5. The minimum absolute atomic E-state index is 0.0820. The number of halogens is 1. The van der Waals surface area contributed by atoms with Crippen molar-refractivity contribution in [2.45, 2.75) is 20.3 Å². The lowest BCUT2D eigenvalue weighted by Crippen LogP contribution is -2.32. The summed E-state index contributed by atoms with van der Waals surface area (Å²) >= 11 is 5.55. The van der Waals surface area contributed by atoms with Gasteiger partial charge >= 0.3 is 0 Å². The standard InChI is InChI=1S/C12H17ClN2O3/c1-8(2)7-15-11(16)5-6-14-12(17)9-3-4-10(13)18-9/h3-4,8H,5-7H2,1-2H3,(H,14,17)(H,15,16). The Morgan fingerprint density at radius 2 is 2.06 bits per heavy atom. The van der Waals surface area contributed by atoms with Gasteiger partial charge in [0.1, 0.15) is 0 Å². The Morgan fingerprint density at radius 3 is 2.61 bits per heavy atom. The Balaban J connectivity index is 2.21. The number of furan rings is 1. The fourth-order valence-electron chi connectivity index (χ4n) is 1.22. The quantitative estimate of drug-likeness (QED) is 0.830. The van der Waals surface area contributed by atoms with E-state index in [1.165, 1.54) is 12.1 Å². The van der Waals surface area contributed by atoms with Crippen molar-refractivity contribution in [2.75, 3.05) is 13.1 Å². The molecule has 0 atom stereocenters. The predicted molar refractivity (Wildman–Crippen MR) is 68.5 cm³/mol. The SMILES string of the molecule is CC(C)CNC(=O)CCNC(=O)c1ccc(Cl)o1. The topological polar surface area (TPSA) is 71.3 Å². The van der Waals surface area contributed by atoms with Crippen LogP contribution in [0.2, 0.25) is 5.22 Å². The molecule has 0 saturated carbocycles. The Bertz CT molecular complexity index is 415. The van der Waals surface area contributed by atoms with E-state index in [1.807, 2.05) is 13.8 Å². The zero-order chi connectivity index (χ0) is 13.5. The molecule has 0 aliphatic heterocycles. The zero-order valence-electron chi connectivity index (χ0n) is 10.5. The van der Waals surface area contributed by atoms with E-state index >= 15 is 0 Å². The Hall–Kier alpha value is -1.49. The van der Waals surface area contributed by atoms with Crippen LogP contribution in [0.4, 0.5) is 0 Å². The summed E-state index contributed by atoms with van der Waals surface area (Å²) in [6.45, 7) is 4.94. The fraction of sp³-hybridized carbons (Fsp3) is 0.500. The Kier molecular flexibility index (Phi) is 5.71. The number of amides is 2. The first-order valence-electron chi connectivity index (χ1n) is 5.79. The van der Waals surface area contributed by atoms with Gasteiger partial charge in [-0.1, -0.05) is 13.8 Å². The third-order valence-electron chi connectivity index (χ3n) is 2.14. The summed E-state index contributed by atoms with van der Waals surface area (Å²) in [7, 11) is 0. The molecule has 5 nitrogen and oxygen atoms in total. The van der Waals surface area contributed by atoms with Crippen LogP contribution in [0.25, 0.3) is 0 Å². The minimum atomic E-state index is -0.376. The summed E-state index contributed by atoms with van der Waals surface area (Å²) in [4.78, 5) is 22.9. The average molecular weight is 273 g/mol. The van der Waals surface area contributed by atoms with E-state index in [0.29, 0.717) is 12.5 Å². The second-order valence-electron chi connectivity index (χ2n) is 4.31. The third kappa shape index (κ3) is 5.23. The van der Waals surface area contributed by atoms with E-state index in [4.69, 9.17) is 16.0 Å². The molecule has 1 aromatic rings. The molecular formula is C12H17ClN2O3. The van der Waals surface area contributed by atoms with Gasteiger partial charge in [-0.05, 0) is 29.7 Å². The van der Waals surface area contributed by atoms with Gasteiger partial charge in [0.15, 0.2) is 11.0 Å². The number of carbonyl (C=O) groups is 2. The van der Waals surface area contributed by atoms with Crippen LogP contribution in [0, 0.1) is 5.92 Å². The molecule has 18 heavy (non-hydrogen) atoms. The Morgan fingerprint density at radius 1 is 1.33 bits per heavy atom. The molecule has 1 aromatic heterocycles. The van der Waals surface area contributed by atoms with Gasteiger partial charge in [-0.2, -0.15) is 0 Å². The van der Waals surface area contributed by atoms with E-state index < -0.39 is 0 Å². The summed E-state index contributed by atoms with van der Waals surface area (Å²) in [5.74, 6) is 0.0939. The maximum atomic E-state index is 11.5. The zero-order valence-corrected chi connectivity index (χ0v) is 11.2. The first kappa shape index (κ1) is 14.6. The summed E-state index contributed by atoms with van der Waals surface area (Å²) in [5, 5.41) is 5.51. The van der Waals surface area contributed by atoms with Gasteiger partial charge in [0, 0.05) is 19.5 Å². The van der Waals surface area contributed by atoms with E-state index in [9.17, 15) is 9.59 Å². The van der Waals surface area contributed by atoms with Crippen molar-refractivity contribution in [1.82, 2.24) is 10.6 Å². The lowest BCUT2D eigenvalue weighted by Gasteiger charge is -2.07. The summed E-state index contributed by atoms with van der Waals surface area (Å²) in [6.07, 6.45) is 0.243. The van der Waals surface area contributed by atoms with E-state index in [0.717, 1.165) is 0 Å². The van der Waals surface area contributed by atoms with Crippen LogP contribution in [0.5, 0.6) is 0 Å². The molecule has 2 amide bonds. The number of carbonyl (C=O) groups excluding carboxylic acids is 2. The summed E-state index contributed by atoms with van der Waals surface area (Å²) in [5.41, 5.74) is 0. The average Bonchev–Trinajstić information content (AvgIpc) is 2.73. The number of hydrogen-bond donors (Lipinski definition) is 2. The molecule has 0 spiro atoms. The van der Waals surface area contributed by atoms with Gasteiger partial charge in [0.25, 0.3) is 5.91 Å². The first-order valence-corrected chi connectivity index (χ1v) is 6.17. The molecule has 0 radical (unpaired) electrons. The molecule has 0 aromatic carbocycles. The largest absolute Gasteiger partial charge is 0.440 e. The van der Waals surface area contributed by atoms with Gasteiger partial charge in [-0.15, -0.1) is 0 Å². The highest BCUT2D eigenvalue weighted by molar-refractivity contribution is 6.29. The monoisotopic (exact) mass is 272 g/mol. The van der Waals surface area contributed by atoms with E-state index in [1.54, 1.807) is 0 Å². The molecule has 1 heterocycles. The minimum Gasteiger partial charge on any atom is -0.440 e. The van der Waals surface area contributed by atoms with Crippen LogP contribution < -0.4 is 10.6 Å². The van der Waals surface area contributed by atoms with Crippen molar-refractivity contribution in [3.8, 4) is 0 Å². The molecule has 1 rings (SSSR count).